The number of guanidine groups is 1. The zero-order chi connectivity index (χ0) is 15.1. The molecule has 1 heterocycles. The summed E-state index contributed by atoms with van der Waals surface area (Å²) in [7, 11) is 1.56. The predicted octanol–water partition coefficient (Wildman–Crippen LogP) is 0.0542. The fourth-order valence-electron chi connectivity index (χ4n) is 1.76. The number of methoxy groups -OCH3 is 1. The van der Waals surface area contributed by atoms with Gasteiger partial charge in [-0.15, -0.1) is 5.10 Å². The molecule has 2 rings (SSSR count). The molecule has 1 fully saturated rings. The van der Waals surface area contributed by atoms with Gasteiger partial charge in [-0.1, -0.05) is 6.07 Å². The normalized spacial score (nSPS) is 15.3. The van der Waals surface area contributed by atoms with Crippen LogP contribution in [0.4, 0.5) is 0 Å². The topological polar surface area (TPSA) is 114 Å². The predicted molar refractivity (Wildman–Crippen MR) is 77.6 cm³/mol. The largest absolute Gasteiger partial charge is 0.493 e. The molecule has 4 N–H and O–H groups in total. The molecule has 0 unspecified atom stereocenters. The molecule has 0 radical (unpaired) electrons. The van der Waals surface area contributed by atoms with Crippen molar-refractivity contribution in [1.82, 2.24) is 0 Å². The number of hydrogen-bond acceptors (Lipinski definition) is 6. The van der Waals surface area contributed by atoms with E-state index < -0.39 is 0 Å². The summed E-state index contributed by atoms with van der Waals surface area (Å²) in [5, 5.41) is 7.32. The zero-order valence-corrected chi connectivity index (χ0v) is 11.7. The summed E-state index contributed by atoms with van der Waals surface area (Å²) in [6, 6.07) is 5.40. The molecule has 1 aromatic rings. The van der Waals surface area contributed by atoms with Crippen molar-refractivity contribution in [3.8, 4) is 11.5 Å². The van der Waals surface area contributed by atoms with Gasteiger partial charge in [-0.25, -0.2) is 0 Å². The Morgan fingerprint density at radius 3 is 2.81 bits per heavy atom. The van der Waals surface area contributed by atoms with E-state index in [2.05, 4.69) is 10.2 Å². The molecule has 8 heteroatoms. The van der Waals surface area contributed by atoms with Gasteiger partial charge in [0.2, 0.25) is 5.96 Å². The van der Waals surface area contributed by atoms with Crippen LogP contribution >= 0.6 is 0 Å². The van der Waals surface area contributed by atoms with E-state index >= 15 is 0 Å². The Morgan fingerprint density at radius 1 is 1.38 bits per heavy atom. The summed E-state index contributed by atoms with van der Waals surface area (Å²) in [6.07, 6.45) is 1.10. The summed E-state index contributed by atoms with van der Waals surface area (Å²) in [5.74, 6) is 0.972. The average molecular weight is 294 g/mol. The lowest BCUT2D eigenvalue weighted by Crippen LogP contribution is -2.21. The summed E-state index contributed by atoms with van der Waals surface area (Å²) < 4.78 is 21.6. The fourth-order valence-corrected chi connectivity index (χ4v) is 1.76. The molecule has 0 spiro atoms. The first kappa shape index (κ1) is 15.1. The summed E-state index contributed by atoms with van der Waals surface area (Å²) >= 11 is 0. The minimum atomic E-state index is -0.377. The number of ether oxygens (including phenoxy) is 4. The molecule has 0 amide bonds. The van der Waals surface area contributed by atoms with Crippen LogP contribution in [-0.4, -0.2) is 45.4 Å². The van der Waals surface area contributed by atoms with Gasteiger partial charge in [0.1, 0.15) is 6.61 Å². The van der Waals surface area contributed by atoms with Crippen LogP contribution in [0, 0.1) is 0 Å². The third-order valence-electron chi connectivity index (χ3n) is 2.65. The monoisotopic (exact) mass is 294 g/mol. The molecule has 8 nitrogen and oxygen atoms in total. The molecule has 114 valence electrons. The number of rotatable bonds is 6. The molecular weight excluding hydrogens is 276 g/mol. The number of benzene rings is 1. The highest BCUT2D eigenvalue weighted by Crippen LogP contribution is 2.30. The summed E-state index contributed by atoms with van der Waals surface area (Å²) in [5.41, 5.74) is 11.1. The van der Waals surface area contributed by atoms with Crippen LogP contribution in [0.5, 0.6) is 11.5 Å². The van der Waals surface area contributed by atoms with Crippen LogP contribution in [0.15, 0.2) is 28.4 Å². The molecule has 1 saturated heterocycles. The molecule has 1 aliphatic heterocycles. The van der Waals surface area contributed by atoms with Gasteiger partial charge in [0.15, 0.2) is 17.8 Å². The second kappa shape index (κ2) is 7.46. The lowest BCUT2D eigenvalue weighted by atomic mass is 10.2. The standard InChI is InChI=1S/C13H18N4O4/c1-18-10-4-2-3-9(7-16-17-13(14)15)12(10)21-8-11-19-5-6-20-11/h2-4,7,11H,5-6,8H2,1H3,(H4,14,15,17). The molecule has 1 aromatic carbocycles. The van der Waals surface area contributed by atoms with E-state index in [0.717, 1.165) is 0 Å². The third kappa shape index (κ3) is 4.33. The molecule has 0 atom stereocenters. The van der Waals surface area contributed by atoms with Gasteiger partial charge in [0, 0.05) is 5.56 Å². The van der Waals surface area contributed by atoms with Crippen LogP contribution in [0.25, 0.3) is 0 Å². The molecule has 0 saturated carbocycles. The highest BCUT2D eigenvalue weighted by molar-refractivity contribution is 5.86. The van der Waals surface area contributed by atoms with Crippen molar-refractivity contribution >= 4 is 12.2 Å². The Bertz CT molecular complexity index is 523. The fraction of sp³-hybridized carbons (Fsp3) is 0.385. The van der Waals surface area contributed by atoms with Gasteiger partial charge in [-0.05, 0) is 12.1 Å². The SMILES string of the molecule is COc1cccc(C=NN=C(N)N)c1OCC1OCCO1. The second-order valence-electron chi connectivity index (χ2n) is 4.13. The summed E-state index contributed by atoms with van der Waals surface area (Å²) in [4.78, 5) is 0. The van der Waals surface area contributed by atoms with E-state index in [4.69, 9.17) is 30.4 Å². The van der Waals surface area contributed by atoms with Crippen LogP contribution in [0.2, 0.25) is 0 Å². The van der Waals surface area contributed by atoms with Crippen molar-refractivity contribution in [2.75, 3.05) is 26.9 Å². The first-order valence-corrected chi connectivity index (χ1v) is 6.35. The number of nitrogens with two attached hydrogens (primary N) is 2. The highest BCUT2D eigenvalue weighted by atomic mass is 16.7. The van der Waals surface area contributed by atoms with Crippen molar-refractivity contribution in [3.63, 3.8) is 0 Å². The van der Waals surface area contributed by atoms with E-state index in [1.165, 1.54) is 6.21 Å². The van der Waals surface area contributed by atoms with Crippen molar-refractivity contribution in [2.24, 2.45) is 21.7 Å². The maximum Gasteiger partial charge on any atom is 0.211 e. The molecular formula is C13H18N4O4. The number of nitrogens with zero attached hydrogens (tertiary/aromatic N) is 2. The smallest absolute Gasteiger partial charge is 0.211 e. The summed E-state index contributed by atoms with van der Waals surface area (Å²) in [6.45, 7) is 1.39. The second-order valence-corrected chi connectivity index (χ2v) is 4.13. The minimum absolute atomic E-state index is 0.121. The highest BCUT2D eigenvalue weighted by Gasteiger charge is 2.18. The quantitative estimate of drug-likeness (QED) is 0.435. The van der Waals surface area contributed by atoms with E-state index in [-0.39, 0.29) is 18.9 Å². The maximum absolute atomic E-state index is 5.72. The third-order valence-corrected chi connectivity index (χ3v) is 2.65. The Hall–Kier alpha value is -2.32. The van der Waals surface area contributed by atoms with Crippen molar-refractivity contribution in [2.45, 2.75) is 6.29 Å². The lowest BCUT2D eigenvalue weighted by molar-refractivity contribution is -0.0687. The van der Waals surface area contributed by atoms with E-state index in [9.17, 15) is 0 Å². The molecule has 0 bridgehead atoms. The van der Waals surface area contributed by atoms with E-state index in [1.54, 1.807) is 19.2 Å². The lowest BCUT2D eigenvalue weighted by Gasteiger charge is -2.15. The Morgan fingerprint density at radius 2 is 2.14 bits per heavy atom. The van der Waals surface area contributed by atoms with Gasteiger partial charge in [0.05, 0.1) is 26.5 Å². The van der Waals surface area contributed by atoms with Gasteiger partial charge < -0.3 is 30.4 Å². The molecule has 0 aromatic heterocycles. The van der Waals surface area contributed by atoms with E-state index in [0.29, 0.717) is 30.3 Å². The Kier molecular flexibility index (Phi) is 5.35. The minimum Gasteiger partial charge on any atom is -0.493 e. The van der Waals surface area contributed by atoms with Crippen LogP contribution in [0.1, 0.15) is 5.56 Å². The molecule has 0 aliphatic carbocycles. The van der Waals surface area contributed by atoms with Gasteiger partial charge in [0.25, 0.3) is 0 Å². The number of hydrogen-bond donors (Lipinski definition) is 2. The zero-order valence-electron chi connectivity index (χ0n) is 11.7. The van der Waals surface area contributed by atoms with Crippen molar-refractivity contribution < 1.29 is 18.9 Å². The van der Waals surface area contributed by atoms with Gasteiger partial charge >= 0.3 is 0 Å². The van der Waals surface area contributed by atoms with E-state index in [1.807, 2.05) is 6.07 Å². The first-order chi connectivity index (χ1) is 10.2. The van der Waals surface area contributed by atoms with Crippen LogP contribution in [0.3, 0.4) is 0 Å². The molecule has 21 heavy (non-hydrogen) atoms. The average Bonchev–Trinajstić information content (AvgIpc) is 2.98. The van der Waals surface area contributed by atoms with Crippen molar-refractivity contribution in [3.05, 3.63) is 23.8 Å². The number of para-hydroxylation sites is 1. The van der Waals surface area contributed by atoms with Crippen molar-refractivity contribution in [1.29, 1.82) is 0 Å². The van der Waals surface area contributed by atoms with Gasteiger partial charge in [-0.2, -0.15) is 5.10 Å². The first-order valence-electron chi connectivity index (χ1n) is 6.35. The van der Waals surface area contributed by atoms with Crippen LogP contribution < -0.4 is 20.9 Å². The molecule has 1 aliphatic rings. The Balaban J connectivity index is 2.14. The maximum atomic E-state index is 5.72. The van der Waals surface area contributed by atoms with Gasteiger partial charge in [-0.3, -0.25) is 0 Å². The van der Waals surface area contributed by atoms with Crippen LogP contribution in [-0.2, 0) is 9.47 Å². The Labute approximate surface area is 122 Å².